The zero-order valence-electron chi connectivity index (χ0n) is 9.47. The van der Waals surface area contributed by atoms with Crippen LogP contribution in [-0.2, 0) is 0 Å². The average molecular weight is 207 g/mol. The standard InChI is InChI=1S/C11H17N3O/c1-4-14(5-2)11(15)13(3)10-8-6-7-9-12-10/h6-9H,4-5H2,1-3H3. The van der Waals surface area contributed by atoms with E-state index in [1.54, 1.807) is 23.0 Å². The van der Waals surface area contributed by atoms with E-state index in [0.717, 1.165) is 0 Å². The summed E-state index contributed by atoms with van der Waals surface area (Å²) in [5, 5.41) is 0. The highest BCUT2D eigenvalue weighted by atomic mass is 16.2. The summed E-state index contributed by atoms with van der Waals surface area (Å²) >= 11 is 0. The SMILES string of the molecule is CCN(CC)C(=O)N(C)c1ccccn1. The Bertz CT molecular complexity index is 309. The molecule has 82 valence electrons. The Hall–Kier alpha value is -1.58. The number of pyridine rings is 1. The second kappa shape index (κ2) is 5.34. The molecule has 1 rings (SSSR count). The smallest absolute Gasteiger partial charge is 0.325 e. The van der Waals surface area contributed by atoms with Gasteiger partial charge in [0, 0.05) is 26.3 Å². The van der Waals surface area contributed by atoms with Crippen molar-refractivity contribution in [2.24, 2.45) is 0 Å². The van der Waals surface area contributed by atoms with Crippen LogP contribution < -0.4 is 4.90 Å². The average Bonchev–Trinajstić information content (AvgIpc) is 2.30. The first-order chi connectivity index (χ1) is 7.20. The van der Waals surface area contributed by atoms with Gasteiger partial charge in [-0.3, -0.25) is 4.90 Å². The first-order valence-electron chi connectivity index (χ1n) is 5.14. The Morgan fingerprint density at radius 2 is 2.00 bits per heavy atom. The first-order valence-corrected chi connectivity index (χ1v) is 5.14. The molecule has 0 N–H and O–H groups in total. The Labute approximate surface area is 90.5 Å². The molecule has 0 aromatic carbocycles. The van der Waals surface area contributed by atoms with E-state index in [0.29, 0.717) is 18.9 Å². The van der Waals surface area contributed by atoms with E-state index in [2.05, 4.69) is 4.98 Å². The van der Waals surface area contributed by atoms with Crippen LogP contribution in [0.4, 0.5) is 10.6 Å². The van der Waals surface area contributed by atoms with Crippen molar-refractivity contribution < 1.29 is 4.79 Å². The number of amides is 2. The lowest BCUT2D eigenvalue weighted by Crippen LogP contribution is -2.41. The number of carbonyl (C=O) groups is 1. The number of rotatable bonds is 3. The highest BCUT2D eigenvalue weighted by molar-refractivity contribution is 5.90. The predicted molar refractivity (Wildman–Crippen MR) is 61.0 cm³/mol. The fourth-order valence-electron chi connectivity index (χ4n) is 1.36. The van der Waals surface area contributed by atoms with Crippen LogP contribution in [0.3, 0.4) is 0 Å². The minimum Gasteiger partial charge on any atom is -0.325 e. The molecular weight excluding hydrogens is 190 g/mol. The van der Waals surface area contributed by atoms with Gasteiger partial charge in [0.15, 0.2) is 0 Å². The molecular formula is C11H17N3O. The highest BCUT2D eigenvalue weighted by Crippen LogP contribution is 2.09. The largest absolute Gasteiger partial charge is 0.325 e. The third-order valence-electron chi connectivity index (χ3n) is 2.31. The third kappa shape index (κ3) is 2.68. The normalized spacial score (nSPS) is 9.80. The number of nitrogens with zero attached hydrogens (tertiary/aromatic N) is 3. The summed E-state index contributed by atoms with van der Waals surface area (Å²) in [5.41, 5.74) is 0. The lowest BCUT2D eigenvalue weighted by molar-refractivity contribution is 0.211. The van der Waals surface area contributed by atoms with Gasteiger partial charge in [-0.05, 0) is 26.0 Å². The van der Waals surface area contributed by atoms with Crippen LogP contribution in [-0.4, -0.2) is 36.1 Å². The van der Waals surface area contributed by atoms with Crippen molar-refractivity contribution in [1.29, 1.82) is 0 Å². The molecule has 4 nitrogen and oxygen atoms in total. The molecule has 0 unspecified atom stereocenters. The van der Waals surface area contributed by atoms with Crippen molar-refractivity contribution in [3.63, 3.8) is 0 Å². The van der Waals surface area contributed by atoms with Crippen LogP contribution in [0.5, 0.6) is 0 Å². The van der Waals surface area contributed by atoms with E-state index in [-0.39, 0.29) is 6.03 Å². The molecule has 0 bridgehead atoms. The van der Waals surface area contributed by atoms with Gasteiger partial charge in [-0.25, -0.2) is 9.78 Å². The number of hydrogen-bond acceptors (Lipinski definition) is 2. The molecule has 0 saturated carbocycles. The maximum absolute atomic E-state index is 11.9. The number of hydrogen-bond donors (Lipinski definition) is 0. The summed E-state index contributed by atoms with van der Waals surface area (Å²) < 4.78 is 0. The lowest BCUT2D eigenvalue weighted by atomic mass is 10.4. The molecule has 2 amide bonds. The monoisotopic (exact) mass is 207 g/mol. The Morgan fingerprint density at radius 1 is 1.33 bits per heavy atom. The van der Waals surface area contributed by atoms with Crippen LogP contribution >= 0.6 is 0 Å². The molecule has 0 radical (unpaired) electrons. The quantitative estimate of drug-likeness (QED) is 0.760. The molecule has 0 fully saturated rings. The zero-order valence-corrected chi connectivity index (χ0v) is 9.47. The van der Waals surface area contributed by atoms with Crippen LogP contribution in [0, 0.1) is 0 Å². The first kappa shape index (κ1) is 11.5. The van der Waals surface area contributed by atoms with Crippen molar-refractivity contribution in [2.45, 2.75) is 13.8 Å². The summed E-state index contributed by atoms with van der Waals surface area (Å²) in [5.74, 6) is 0.675. The molecule has 1 aromatic rings. The maximum atomic E-state index is 11.9. The minimum atomic E-state index is -0.0151. The molecule has 0 atom stereocenters. The van der Waals surface area contributed by atoms with Crippen LogP contribution in [0.25, 0.3) is 0 Å². The van der Waals surface area contributed by atoms with Crippen molar-refractivity contribution >= 4 is 11.8 Å². The van der Waals surface area contributed by atoms with Gasteiger partial charge in [0.25, 0.3) is 0 Å². The number of anilines is 1. The van der Waals surface area contributed by atoms with E-state index in [4.69, 9.17) is 0 Å². The summed E-state index contributed by atoms with van der Waals surface area (Å²) in [4.78, 5) is 19.4. The van der Waals surface area contributed by atoms with Crippen molar-refractivity contribution in [1.82, 2.24) is 9.88 Å². The number of carbonyl (C=O) groups excluding carboxylic acids is 1. The van der Waals surface area contributed by atoms with Gasteiger partial charge in [-0.1, -0.05) is 6.07 Å². The Morgan fingerprint density at radius 3 is 2.47 bits per heavy atom. The molecule has 1 aromatic heterocycles. The molecule has 4 heteroatoms. The topological polar surface area (TPSA) is 36.4 Å². The molecule has 0 saturated heterocycles. The number of aromatic nitrogens is 1. The van der Waals surface area contributed by atoms with Crippen molar-refractivity contribution in [3.05, 3.63) is 24.4 Å². The van der Waals surface area contributed by atoms with Crippen LogP contribution in [0.2, 0.25) is 0 Å². The molecule has 0 aliphatic carbocycles. The van der Waals surface area contributed by atoms with Gasteiger partial charge in [-0.2, -0.15) is 0 Å². The summed E-state index contributed by atoms with van der Waals surface area (Å²) in [6.07, 6.45) is 1.68. The molecule has 15 heavy (non-hydrogen) atoms. The second-order valence-corrected chi connectivity index (χ2v) is 3.20. The van der Waals surface area contributed by atoms with Gasteiger partial charge in [0.2, 0.25) is 0 Å². The van der Waals surface area contributed by atoms with E-state index >= 15 is 0 Å². The fourth-order valence-corrected chi connectivity index (χ4v) is 1.36. The van der Waals surface area contributed by atoms with Crippen molar-refractivity contribution in [3.8, 4) is 0 Å². The maximum Gasteiger partial charge on any atom is 0.325 e. The number of urea groups is 1. The van der Waals surface area contributed by atoms with Gasteiger partial charge in [0.05, 0.1) is 0 Å². The summed E-state index contributed by atoms with van der Waals surface area (Å²) in [6.45, 7) is 5.36. The van der Waals surface area contributed by atoms with Gasteiger partial charge < -0.3 is 4.90 Å². The highest BCUT2D eigenvalue weighted by Gasteiger charge is 2.16. The second-order valence-electron chi connectivity index (χ2n) is 3.20. The lowest BCUT2D eigenvalue weighted by Gasteiger charge is -2.25. The Kier molecular flexibility index (Phi) is 4.09. The van der Waals surface area contributed by atoms with Crippen LogP contribution in [0.15, 0.2) is 24.4 Å². The molecule has 0 aliphatic heterocycles. The fraction of sp³-hybridized carbons (Fsp3) is 0.455. The summed E-state index contributed by atoms with van der Waals surface area (Å²) in [7, 11) is 1.74. The minimum absolute atomic E-state index is 0.0151. The van der Waals surface area contributed by atoms with E-state index < -0.39 is 0 Å². The van der Waals surface area contributed by atoms with Gasteiger partial charge in [0.1, 0.15) is 5.82 Å². The Balaban J connectivity index is 2.76. The molecule has 0 spiro atoms. The molecule has 1 heterocycles. The van der Waals surface area contributed by atoms with Gasteiger partial charge in [-0.15, -0.1) is 0 Å². The zero-order chi connectivity index (χ0) is 11.3. The van der Waals surface area contributed by atoms with Crippen molar-refractivity contribution in [2.75, 3.05) is 25.0 Å². The van der Waals surface area contributed by atoms with Gasteiger partial charge >= 0.3 is 6.03 Å². The summed E-state index contributed by atoms with van der Waals surface area (Å²) in [6, 6.07) is 5.51. The van der Waals surface area contributed by atoms with E-state index in [1.165, 1.54) is 0 Å². The molecule has 0 aliphatic rings. The predicted octanol–water partition coefficient (Wildman–Crippen LogP) is 1.98. The van der Waals surface area contributed by atoms with E-state index in [9.17, 15) is 4.79 Å². The van der Waals surface area contributed by atoms with E-state index in [1.807, 2.05) is 32.0 Å². The van der Waals surface area contributed by atoms with Crippen LogP contribution in [0.1, 0.15) is 13.8 Å². The third-order valence-corrected chi connectivity index (χ3v) is 2.31.